The van der Waals surface area contributed by atoms with Crippen LogP contribution in [0.1, 0.15) is 80.9 Å². The number of pyridine rings is 2. The molecule has 1 saturated heterocycles. The van der Waals surface area contributed by atoms with Gasteiger partial charge >= 0.3 is 6.03 Å². The van der Waals surface area contributed by atoms with Gasteiger partial charge in [-0.2, -0.15) is 0 Å². The van der Waals surface area contributed by atoms with Crippen molar-refractivity contribution in [2.75, 3.05) is 35.6 Å². The molecule has 2 aromatic carbocycles. The second-order valence-electron chi connectivity index (χ2n) is 12.5. The van der Waals surface area contributed by atoms with E-state index in [1.165, 1.54) is 17.2 Å². The maximum atomic E-state index is 13.3. The minimum atomic E-state index is -0.459. The van der Waals surface area contributed by atoms with Crippen LogP contribution in [0.25, 0.3) is 0 Å². The Morgan fingerprint density at radius 3 is 2.38 bits per heavy atom. The molecule has 0 bridgehead atoms. The number of halogens is 1. The van der Waals surface area contributed by atoms with Crippen LogP contribution in [0.2, 0.25) is 5.15 Å². The maximum absolute atomic E-state index is 13.3. The fraction of sp³-hybridized carbons (Fsp3) is 0.256. The molecule has 2 aliphatic heterocycles. The van der Waals surface area contributed by atoms with E-state index in [0.29, 0.717) is 70.9 Å². The number of benzene rings is 2. The molecule has 1 unspecified atom stereocenters. The van der Waals surface area contributed by atoms with E-state index in [9.17, 15) is 24.0 Å². The zero-order valence-corrected chi connectivity index (χ0v) is 29.5. The van der Waals surface area contributed by atoms with Crippen LogP contribution in [0.4, 0.5) is 21.9 Å². The first-order valence-electron chi connectivity index (χ1n) is 17.3. The highest BCUT2D eigenvalue weighted by molar-refractivity contribution is 6.29. The van der Waals surface area contributed by atoms with E-state index in [2.05, 4.69) is 48.4 Å². The number of fused-ring (bicyclic) bond motifs is 1. The lowest BCUT2D eigenvalue weighted by atomic mass is 10.1. The lowest BCUT2D eigenvalue weighted by Crippen LogP contribution is -2.50. The van der Waals surface area contributed by atoms with E-state index in [4.69, 9.17) is 11.6 Å². The third-order valence-electron chi connectivity index (χ3n) is 8.72. The van der Waals surface area contributed by atoms with E-state index >= 15 is 0 Å². The molecule has 0 saturated carbocycles. The molecule has 4 aromatic rings. The normalized spacial score (nSPS) is 14.8. The number of urea groups is 1. The lowest BCUT2D eigenvalue weighted by Gasteiger charge is -2.29. The van der Waals surface area contributed by atoms with Crippen LogP contribution in [-0.2, 0) is 4.79 Å². The van der Waals surface area contributed by atoms with Crippen LogP contribution in [0, 0.1) is 11.8 Å². The largest absolute Gasteiger partial charge is 0.384 e. The number of aromatic nitrogens is 2. The molecule has 4 heterocycles. The van der Waals surface area contributed by atoms with E-state index in [1.807, 2.05) is 6.07 Å². The molecule has 270 valence electrons. The van der Waals surface area contributed by atoms with Crippen LogP contribution in [0.3, 0.4) is 0 Å². The molecule has 0 spiro atoms. The summed E-state index contributed by atoms with van der Waals surface area (Å²) in [6.45, 7) is 1.43. The molecule has 0 aliphatic carbocycles. The predicted octanol–water partition coefficient (Wildman–Crippen LogP) is 5.45. The fourth-order valence-corrected chi connectivity index (χ4v) is 6.25. The van der Waals surface area contributed by atoms with Crippen LogP contribution >= 0.6 is 11.6 Å². The third kappa shape index (κ3) is 9.55. The molecular formula is C39H37ClN8O5. The molecule has 53 heavy (non-hydrogen) atoms. The van der Waals surface area contributed by atoms with Crippen LogP contribution in [-0.4, -0.2) is 70.2 Å². The van der Waals surface area contributed by atoms with Gasteiger partial charge in [0, 0.05) is 66.6 Å². The van der Waals surface area contributed by atoms with Gasteiger partial charge in [-0.05, 0) is 79.8 Å². The second-order valence-corrected chi connectivity index (χ2v) is 12.9. The molecule has 0 radical (unpaired) electrons. The zero-order chi connectivity index (χ0) is 37.2. The Kier molecular flexibility index (Phi) is 11.9. The second kappa shape index (κ2) is 17.3. The van der Waals surface area contributed by atoms with Gasteiger partial charge < -0.3 is 26.6 Å². The number of amides is 6. The quantitative estimate of drug-likeness (QED) is 0.0553. The molecule has 6 amide bonds. The minimum absolute atomic E-state index is 0.0680. The summed E-state index contributed by atoms with van der Waals surface area (Å²) in [5, 5.41) is 14.7. The molecule has 1 fully saturated rings. The topological polar surface area (TPSA) is 175 Å². The Morgan fingerprint density at radius 2 is 1.60 bits per heavy atom. The summed E-state index contributed by atoms with van der Waals surface area (Å²) in [7, 11) is 0. The number of imide groups is 1. The van der Waals surface area contributed by atoms with Gasteiger partial charge in [0.1, 0.15) is 10.8 Å². The number of carbonyl (C=O) groups excluding carboxylic acids is 5. The Labute approximate surface area is 311 Å². The number of nitrogens with one attached hydrogen (secondary N) is 5. The Bertz CT molecular complexity index is 2100. The number of hydrogen-bond acceptors (Lipinski definition) is 8. The third-order valence-corrected chi connectivity index (χ3v) is 8.92. The summed E-state index contributed by atoms with van der Waals surface area (Å²) in [4.78, 5) is 72.5. The van der Waals surface area contributed by atoms with Crippen molar-refractivity contribution in [3.8, 4) is 11.8 Å². The molecule has 13 nitrogen and oxygen atoms in total. The molecule has 5 N–H and O–H groups in total. The average Bonchev–Trinajstić information content (AvgIpc) is 3.41. The number of piperidine rings is 1. The molecule has 1 atom stereocenters. The fourth-order valence-electron chi connectivity index (χ4n) is 6.08. The van der Waals surface area contributed by atoms with E-state index < -0.39 is 6.03 Å². The summed E-state index contributed by atoms with van der Waals surface area (Å²) in [5.74, 6) is 5.10. The van der Waals surface area contributed by atoms with Gasteiger partial charge in [-0.25, -0.2) is 14.8 Å². The van der Waals surface area contributed by atoms with Gasteiger partial charge in [-0.1, -0.05) is 42.5 Å². The number of rotatable bonds is 12. The first-order chi connectivity index (χ1) is 25.7. The van der Waals surface area contributed by atoms with Crippen LogP contribution in [0.5, 0.6) is 0 Å². The van der Waals surface area contributed by atoms with Gasteiger partial charge in [-0.15, -0.1) is 0 Å². The SMILES string of the molecule is O=C1CCC(N2C(=O)c3cccc(NCCCCCCNC(=O)c4cccc(C#Cc5cc(NC(=O)Nc6ccnc(Cl)c6)ccn5)c4)c3C2=O)CN1. The first kappa shape index (κ1) is 36.5. The number of nitrogens with zero attached hydrogens (tertiary/aromatic N) is 3. The molecular weight excluding hydrogens is 696 g/mol. The molecule has 2 aromatic heterocycles. The van der Waals surface area contributed by atoms with Crippen molar-refractivity contribution in [2.45, 2.75) is 44.6 Å². The highest BCUT2D eigenvalue weighted by Crippen LogP contribution is 2.32. The van der Waals surface area contributed by atoms with Crippen LogP contribution in [0.15, 0.2) is 79.1 Å². The van der Waals surface area contributed by atoms with Gasteiger partial charge in [-0.3, -0.25) is 24.1 Å². The summed E-state index contributed by atoms with van der Waals surface area (Å²) in [6, 6.07) is 17.9. The molecule has 6 rings (SSSR count). The zero-order valence-electron chi connectivity index (χ0n) is 28.7. The number of carbonyl (C=O) groups is 5. The van der Waals surface area contributed by atoms with Crippen molar-refractivity contribution in [3.63, 3.8) is 0 Å². The van der Waals surface area contributed by atoms with Crippen molar-refractivity contribution in [3.05, 3.63) is 112 Å². The average molecular weight is 733 g/mol. The Balaban J connectivity index is 0.908. The van der Waals surface area contributed by atoms with Crippen LogP contribution < -0.4 is 26.6 Å². The standard InChI is InChI=1S/C39H37ClN8O5/c40-33-23-29(16-20-43-33)47-39(53)46-28-15-19-41-27(22-28)12-11-25-7-5-8-26(21-25)36(50)44-18-4-2-1-3-17-42-32-10-6-9-31-35(32)38(52)48(37(31)51)30-13-14-34(49)45-24-30/h5-10,15-16,19-23,30,42H,1-4,13-14,17-18,24H2,(H,44,50)(H,45,49)(H2,41,43,46,47,53). The van der Waals surface area contributed by atoms with Crippen molar-refractivity contribution in [1.82, 2.24) is 25.5 Å². The van der Waals surface area contributed by atoms with E-state index in [1.54, 1.807) is 60.8 Å². The first-order valence-corrected chi connectivity index (χ1v) is 17.7. The summed E-state index contributed by atoms with van der Waals surface area (Å²) < 4.78 is 0. The monoisotopic (exact) mass is 732 g/mol. The predicted molar refractivity (Wildman–Crippen MR) is 201 cm³/mol. The summed E-state index contributed by atoms with van der Waals surface area (Å²) in [5.41, 5.74) is 3.99. The highest BCUT2D eigenvalue weighted by Gasteiger charge is 2.42. The van der Waals surface area contributed by atoms with E-state index in [0.717, 1.165) is 25.7 Å². The number of unbranched alkanes of at least 4 members (excludes halogenated alkanes) is 3. The number of hydrogen-bond donors (Lipinski definition) is 5. The lowest BCUT2D eigenvalue weighted by molar-refractivity contribution is -0.123. The van der Waals surface area contributed by atoms with Gasteiger partial charge in [0.15, 0.2) is 0 Å². The number of anilines is 3. The van der Waals surface area contributed by atoms with Crippen molar-refractivity contribution in [1.29, 1.82) is 0 Å². The summed E-state index contributed by atoms with van der Waals surface area (Å²) >= 11 is 5.87. The Morgan fingerprint density at radius 1 is 0.849 bits per heavy atom. The maximum Gasteiger partial charge on any atom is 0.323 e. The van der Waals surface area contributed by atoms with Gasteiger partial charge in [0.05, 0.1) is 17.2 Å². The van der Waals surface area contributed by atoms with Crippen molar-refractivity contribution >= 4 is 58.3 Å². The highest BCUT2D eigenvalue weighted by atomic mass is 35.5. The minimum Gasteiger partial charge on any atom is -0.384 e. The summed E-state index contributed by atoms with van der Waals surface area (Å²) in [6.07, 6.45) is 7.25. The van der Waals surface area contributed by atoms with Gasteiger partial charge in [0.2, 0.25) is 5.91 Å². The Hall–Kier alpha value is -6.26. The van der Waals surface area contributed by atoms with Gasteiger partial charge in [0.25, 0.3) is 17.7 Å². The van der Waals surface area contributed by atoms with Crippen molar-refractivity contribution < 1.29 is 24.0 Å². The molecule has 14 heteroatoms. The van der Waals surface area contributed by atoms with Crippen molar-refractivity contribution in [2.24, 2.45) is 0 Å². The molecule has 2 aliphatic rings. The van der Waals surface area contributed by atoms with E-state index in [-0.39, 0.29) is 41.4 Å². The smallest absolute Gasteiger partial charge is 0.323 e.